The van der Waals surface area contributed by atoms with Crippen molar-refractivity contribution in [1.82, 2.24) is 4.98 Å². The van der Waals surface area contributed by atoms with E-state index in [0.29, 0.717) is 17.3 Å². The van der Waals surface area contributed by atoms with Gasteiger partial charge in [-0.3, -0.25) is 0 Å². The van der Waals surface area contributed by atoms with Gasteiger partial charge < -0.3 is 10.1 Å². The first-order valence-corrected chi connectivity index (χ1v) is 7.34. The maximum Gasteiger partial charge on any atom is 0.338 e. The summed E-state index contributed by atoms with van der Waals surface area (Å²) in [5, 5.41) is 5.45. The summed E-state index contributed by atoms with van der Waals surface area (Å²) in [5.74, 6) is 0.741. The molecule has 5 heteroatoms. The van der Waals surface area contributed by atoms with E-state index < -0.39 is 0 Å². The Morgan fingerprint density at radius 2 is 2.20 bits per heavy atom. The number of ether oxygens (including phenoxy) is 1. The number of hydrogen-bond donors (Lipinski definition) is 1. The lowest BCUT2D eigenvalue weighted by Gasteiger charge is -2.22. The van der Waals surface area contributed by atoms with E-state index in [0.717, 1.165) is 0 Å². The van der Waals surface area contributed by atoms with Crippen LogP contribution in [0.3, 0.4) is 0 Å². The molecule has 0 bridgehead atoms. The zero-order chi connectivity index (χ0) is 14.5. The van der Waals surface area contributed by atoms with Crippen molar-refractivity contribution in [2.24, 2.45) is 5.92 Å². The summed E-state index contributed by atoms with van der Waals surface area (Å²) in [4.78, 5) is 17.1. The second-order valence-corrected chi connectivity index (χ2v) is 5.78. The van der Waals surface area contributed by atoms with Crippen molar-refractivity contribution in [2.45, 2.75) is 19.9 Å². The summed E-state index contributed by atoms with van der Waals surface area (Å²) in [6, 6.07) is 7.68. The van der Waals surface area contributed by atoms with Gasteiger partial charge in [-0.15, -0.1) is 11.3 Å². The fourth-order valence-corrected chi connectivity index (χ4v) is 2.90. The summed E-state index contributed by atoms with van der Waals surface area (Å²) < 4.78 is 4.72. The number of carbonyl (C=O) groups is 1. The molecule has 0 spiro atoms. The highest BCUT2D eigenvalue weighted by atomic mass is 32.1. The second-order valence-electron chi connectivity index (χ2n) is 4.80. The minimum atomic E-state index is -0.354. The van der Waals surface area contributed by atoms with Crippen molar-refractivity contribution in [3.8, 4) is 0 Å². The van der Waals surface area contributed by atoms with Gasteiger partial charge in [-0.2, -0.15) is 0 Å². The van der Waals surface area contributed by atoms with Gasteiger partial charge in [0.15, 0.2) is 0 Å². The first-order chi connectivity index (χ1) is 9.61. The van der Waals surface area contributed by atoms with Crippen molar-refractivity contribution < 1.29 is 9.53 Å². The lowest BCUT2D eigenvalue weighted by Crippen LogP contribution is -2.16. The minimum Gasteiger partial charge on any atom is -0.465 e. The van der Waals surface area contributed by atoms with Crippen LogP contribution >= 0.6 is 11.3 Å². The third-order valence-electron chi connectivity index (χ3n) is 3.00. The highest BCUT2D eigenvalue weighted by Crippen LogP contribution is 2.29. The van der Waals surface area contributed by atoms with Crippen molar-refractivity contribution in [3.05, 3.63) is 46.3 Å². The van der Waals surface area contributed by atoms with Gasteiger partial charge in [-0.1, -0.05) is 19.9 Å². The van der Waals surface area contributed by atoms with Crippen LogP contribution < -0.4 is 5.32 Å². The Morgan fingerprint density at radius 3 is 2.80 bits per heavy atom. The molecule has 4 nitrogen and oxygen atoms in total. The maximum absolute atomic E-state index is 11.5. The Morgan fingerprint density at radius 1 is 1.40 bits per heavy atom. The van der Waals surface area contributed by atoms with Crippen LogP contribution in [0.5, 0.6) is 0 Å². The van der Waals surface area contributed by atoms with E-state index in [4.69, 9.17) is 4.74 Å². The van der Waals surface area contributed by atoms with Crippen molar-refractivity contribution in [1.29, 1.82) is 0 Å². The average molecular weight is 290 g/mol. The van der Waals surface area contributed by atoms with E-state index in [1.807, 2.05) is 6.07 Å². The fourth-order valence-electron chi connectivity index (χ4n) is 1.95. The highest BCUT2D eigenvalue weighted by molar-refractivity contribution is 7.10. The Kier molecular flexibility index (Phi) is 4.74. The summed E-state index contributed by atoms with van der Waals surface area (Å²) >= 11 is 1.71. The minimum absolute atomic E-state index is 0.176. The number of thiophene rings is 1. The van der Waals surface area contributed by atoms with E-state index in [-0.39, 0.29) is 12.0 Å². The predicted octanol–water partition coefficient (Wildman–Crippen LogP) is 3.74. The molecule has 0 aromatic carbocycles. The topological polar surface area (TPSA) is 51.2 Å². The molecule has 106 valence electrons. The third kappa shape index (κ3) is 3.36. The van der Waals surface area contributed by atoms with Gasteiger partial charge in [0, 0.05) is 11.1 Å². The lowest BCUT2D eigenvalue weighted by atomic mass is 10.0. The number of rotatable bonds is 5. The van der Waals surface area contributed by atoms with Gasteiger partial charge in [-0.25, -0.2) is 9.78 Å². The lowest BCUT2D eigenvalue weighted by molar-refractivity contribution is 0.0600. The van der Waals surface area contributed by atoms with Crippen LogP contribution in [-0.4, -0.2) is 18.1 Å². The van der Waals surface area contributed by atoms with Gasteiger partial charge in [-0.05, 0) is 29.5 Å². The van der Waals surface area contributed by atoms with E-state index in [1.165, 1.54) is 12.0 Å². The molecule has 0 saturated carbocycles. The van der Waals surface area contributed by atoms with Crippen LogP contribution in [0.4, 0.5) is 5.82 Å². The standard InChI is InChI=1S/C15H18N2O2S/c1-10(2)14(12-5-4-8-20-12)17-13-9-11(6-7-16-13)15(18)19-3/h4-10,14H,1-3H3,(H,16,17). The van der Waals surface area contributed by atoms with Gasteiger partial charge in [0.25, 0.3) is 0 Å². The zero-order valence-corrected chi connectivity index (χ0v) is 12.6. The zero-order valence-electron chi connectivity index (χ0n) is 11.8. The molecule has 2 aromatic rings. The number of pyridine rings is 1. The first kappa shape index (κ1) is 14.5. The molecule has 0 aliphatic carbocycles. The summed E-state index contributed by atoms with van der Waals surface area (Å²) in [7, 11) is 1.37. The molecule has 0 amide bonds. The van der Waals surface area contributed by atoms with Gasteiger partial charge in [0.2, 0.25) is 0 Å². The largest absolute Gasteiger partial charge is 0.465 e. The quantitative estimate of drug-likeness (QED) is 0.852. The molecule has 0 aliphatic heterocycles. The first-order valence-electron chi connectivity index (χ1n) is 6.46. The number of methoxy groups -OCH3 is 1. The van der Waals surface area contributed by atoms with Crippen molar-refractivity contribution >= 4 is 23.1 Å². The van der Waals surface area contributed by atoms with Crippen LogP contribution in [0.2, 0.25) is 0 Å². The summed E-state index contributed by atoms with van der Waals surface area (Å²) in [5.41, 5.74) is 0.499. The van der Waals surface area contributed by atoms with E-state index in [2.05, 4.69) is 35.6 Å². The number of nitrogens with one attached hydrogen (secondary N) is 1. The molecule has 2 aromatic heterocycles. The molecular weight excluding hydrogens is 272 g/mol. The Hall–Kier alpha value is -1.88. The maximum atomic E-state index is 11.5. The molecule has 1 atom stereocenters. The van der Waals surface area contributed by atoms with E-state index in [1.54, 1.807) is 29.7 Å². The number of esters is 1. The predicted molar refractivity (Wildman–Crippen MR) is 81.1 cm³/mol. The third-order valence-corrected chi connectivity index (χ3v) is 3.96. The van der Waals surface area contributed by atoms with Crippen molar-refractivity contribution in [2.75, 3.05) is 12.4 Å². The van der Waals surface area contributed by atoms with Crippen LogP contribution in [0.15, 0.2) is 35.8 Å². The number of anilines is 1. The molecule has 20 heavy (non-hydrogen) atoms. The Balaban J connectivity index is 2.21. The number of nitrogens with zero attached hydrogens (tertiary/aromatic N) is 1. The smallest absolute Gasteiger partial charge is 0.338 e. The highest BCUT2D eigenvalue weighted by Gasteiger charge is 2.17. The molecule has 0 radical (unpaired) electrons. The molecule has 0 saturated heterocycles. The molecule has 2 heterocycles. The number of aromatic nitrogens is 1. The molecular formula is C15H18N2O2S. The van der Waals surface area contributed by atoms with Crippen LogP contribution in [0.25, 0.3) is 0 Å². The SMILES string of the molecule is COC(=O)c1ccnc(NC(c2cccs2)C(C)C)c1. The molecule has 1 N–H and O–H groups in total. The van der Waals surface area contributed by atoms with E-state index >= 15 is 0 Å². The molecule has 0 fully saturated rings. The average Bonchev–Trinajstić information content (AvgIpc) is 2.97. The number of carbonyl (C=O) groups excluding carboxylic acids is 1. The molecule has 2 rings (SSSR count). The monoisotopic (exact) mass is 290 g/mol. The van der Waals surface area contributed by atoms with E-state index in [9.17, 15) is 4.79 Å². The molecule has 0 aliphatic rings. The fraction of sp³-hybridized carbons (Fsp3) is 0.333. The summed E-state index contributed by atoms with van der Waals surface area (Å²) in [6.07, 6.45) is 1.61. The van der Waals surface area contributed by atoms with Gasteiger partial charge >= 0.3 is 5.97 Å². The number of hydrogen-bond acceptors (Lipinski definition) is 5. The van der Waals surface area contributed by atoms with Crippen LogP contribution in [0.1, 0.15) is 35.1 Å². The second kappa shape index (κ2) is 6.52. The normalized spacial score (nSPS) is 12.2. The van der Waals surface area contributed by atoms with Crippen molar-refractivity contribution in [3.63, 3.8) is 0 Å². The summed E-state index contributed by atoms with van der Waals surface area (Å²) in [6.45, 7) is 4.31. The van der Waals surface area contributed by atoms with Gasteiger partial charge in [0.1, 0.15) is 5.82 Å². The Bertz CT molecular complexity index is 567. The van der Waals surface area contributed by atoms with Crippen LogP contribution in [0, 0.1) is 5.92 Å². The van der Waals surface area contributed by atoms with Gasteiger partial charge in [0.05, 0.1) is 18.7 Å². The molecule has 1 unspecified atom stereocenters. The Labute approximate surface area is 122 Å². The van der Waals surface area contributed by atoms with Crippen LogP contribution in [-0.2, 0) is 4.74 Å².